The molecule has 0 radical (unpaired) electrons. The van der Waals surface area contributed by atoms with Crippen molar-refractivity contribution in [1.82, 2.24) is 0 Å². The first-order valence-corrected chi connectivity index (χ1v) is 3.59. The van der Waals surface area contributed by atoms with E-state index in [1.807, 2.05) is 0 Å². The Hall–Kier alpha value is 0.0469. The fourth-order valence-electron chi connectivity index (χ4n) is 0. The molecule has 0 atom stereocenters. The summed E-state index contributed by atoms with van der Waals surface area (Å²) in [6, 6.07) is 0. The highest BCUT2D eigenvalue weighted by Crippen LogP contribution is 1.70. The molecule has 0 unspecified atom stereocenters. The van der Waals surface area contributed by atoms with Gasteiger partial charge >= 0.3 is 7.99 Å². The van der Waals surface area contributed by atoms with Crippen LogP contribution in [0, 0.1) is 0 Å². The van der Waals surface area contributed by atoms with E-state index in [4.69, 9.17) is 11.1 Å². The van der Waals surface area contributed by atoms with Crippen molar-refractivity contribution in [3.8, 4) is 0 Å². The summed E-state index contributed by atoms with van der Waals surface area (Å²) in [7, 11) is -1.89. The molecular formula is C2H3ClOSi. The standard InChI is InChI=1S/C2H3ClOSi/c1-2-5(3)4/h2H,1H2. The molecule has 0 aromatic rings. The molecule has 0 bridgehead atoms. The highest BCUT2D eigenvalue weighted by molar-refractivity contribution is 7.00. The lowest BCUT2D eigenvalue weighted by Gasteiger charge is -1.55. The molecule has 0 aliphatic heterocycles. The van der Waals surface area contributed by atoms with E-state index >= 15 is 0 Å². The van der Waals surface area contributed by atoms with Gasteiger partial charge in [-0.3, -0.25) is 0 Å². The normalized spacial score (nSPS) is 6.60. The Kier molecular flexibility index (Phi) is 2.32. The quantitative estimate of drug-likeness (QED) is 0.358. The van der Waals surface area contributed by atoms with Crippen molar-refractivity contribution in [2.45, 2.75) is 0 Å². The van der Waals surface area contributed by atoms with Crippen molar-refractivity contribution >= 4 is 19.1 Å². The molecule has 0 saturated heterocycles. The number of halogens is 1. The van der Waals surface area contributed by atoms with Gasteiger partial charge in [0.2, 0.25) is 0 Å². The zero-order chi connectivity index (χ0) is 4.28. The zero-order valence-electron chi connectivity index (χ0n) is 2.57. The van der Waals surface area contributed by atoms with Crippen LogP contribution in [-0.4, -0.2) is 7.99 Å². The Morgan fingerprint density at radius 2 is 2.20 bits per heavy atom. The highest BCUT2D eigenvalue weighted by atomic mass is 35.6. The van der Waals surface area contributed by atoms with Crippen LogP contribution in [0.4, 0.5) is 0 Å². The average Bonchev–Trinajstić information content (AvgIpc) is 1.38. The minimum absolute atomic E-state index is 1.23. The molecule has 5 heavy (non-hydrogen) atoms. The molecule has 0 aliphatic rings. The molecular weight excluding hydrogens is 104 g/mol. The van der Waals surface area contributed by atoms with Gasteiger partial charge in [-0.25, -0.2) is 0 Å². The molecule has 0 fully saturated rings. The van der Waals surface area contributed by atoms with Crippen LogP contribution in [0.2, 0.25) is 0 Å². The SMILES string of the molecule is C=C[Si](=O)Cl. The van der Waals surface area contributed by atoms with E-state index in [2.05, 4.69) is 6.58 Å². The van der Waals surface area contributed by atoms with E-state index in [0.29, 0.717) is 0 Å². The van der Waals surface area contributed by atoms with Crippen molar-refractivity contribution in [3.05, 3.63) is 12.3 Å². The summed E-state index contributed by atoms with van der Waals surface area (Å²) in [5.74, 6) is 0. The second kappa shape index (κ2) is 2.29. The average molecular weight is 107 g/mol. The van der Waals surface area contributed by atoms with Crippen LogP contribution in [0.25, 0.3) is 0 Å². The predicted octanol–water partition coefficient (Wildman–Crippen LogP) is 0.869. The molecule has 0 amide bonds. The summed E-state index contributed by atoms with van der Waals surface area (Å²) in [6.45, 7) is 3.16. The fraction of sp³-hybridized carbons (Fsp3) is 0. The zero-order valence-corrected chi connectivity index (χ0v) is 4.33. The summed E-state index contributed by atoms with van der Waals surface area (Å²) in [6.07, 6.45) is 0. The summed E-state index contributed by atoms with van der Waals surface area (Å²) < 4.78 is 9.65. The Morgan fingerprint density at radius 1 is 2.00 bits per heavy atom. The minimum atomic E-state index is -1.89. The third-order valence-electron chi connectivity index (χ3n) is 0.160. The molecule has 0 aliphatic carbocycles. The van der Waals surface area contributed by atoms with Gasteiger partial charge in [0.25, 0.3) is 0 Å². The van der Waals surface area contributed by atoms with Crippen molar-refractivity contribution in [1.29, 1.82) is 0 Å². The van der Waals surface area contributed by atoms with E-state index < -0.39 is 7.99 Å². The first-order chi connectivity index (χ1) is 2.27. The van der Waals surface area contributed by atoms with Crippen LogP contribution in [0.1, 0.15) is 0 Å². The molecule has 3 heteroatoms. The molecule has 0 N–H and O–H groups in total. The number of rotatable bonds is 1. The van der Waals surface area contributed by atoms with Crippen molar-refractivity contribution < 1.29 is 4.46 Å². The first-order valence-electron chi connectivity index (χ1n) is 1.09. The molecule has 1 nitrogen and oxygen atoms in total. The van der Waals surface area contributed by atoms with Gasteiger partial charge in [-0.2, -0.15) is 0 Å². The second-order valence-electron chi connectivity index (χ2n) is 0.508. The molecule has 0 rings (SSSR count). The van der Waals surface area contributed by atoms with Crippen LogP contribution in [0.3, 0.4) is 0 Å². The Morgan fingerprint density at radius 3 is 2.20 bits per heavy atom. The lowest BCUT2D eigenvalue weighted by Crippen LogP contribution is -1.72. The van der Waals surface area contributed by atoms with E-state index in [1.54, 1.807) is 0 Å². The maximum Gasteiger partial charge on any atom is 0.411 e. The highest BCUT2D eigenvalue weighted by Gasteiger charge is 1.81. The molecule has 0 heterocycles. The first kappa shape index (κ1) is 5.05. The Balaban J connectivity index is 3.20. The summed E-state index contributed by atoms with van der Waals surface area (Å²) in [5.41, 5.74) is 1.23. The van der Waals surface area contributed by atoms with Gasteiger partial charge in [-0.1, -0.05) is 17.7 Å². The van der Waals surface area contributed by atoms with Gasteiger partial charge in [-0.15, -0.1) is 0 Å². The van der Waals surface area contributed by atoms with E-state index in [0.717, 1.165) is 0 Å². The summed E-state index contributed by atoms with van der Waals surface area (Å²) >= 11 is 4.89. The third kappa shape index (κ3) is 4.05. The largest absolute Gasteiger partial charge is 0.411 e. The molecule has 0 aromatic heterocycles. The fourth-order valence-corrected chi connectivity index (χ4v) is 0. The van der Waals surface area contributed by atoms with Crippen LogP contribution in [-0.2, 0) is 4.46 Å². The van der Waals surface area contributed by atoms with Gasteiger partial charge < -0.3 is 4.46 Å². The second-order valence-corrected chi connectivity index (χ2v) is 2.64. The van der Waals surface area contributed by atoms with E-state index in [-0.39, 0.29) is 0 Å². The predicted molar refractivity (Wildman–Crippen MR) is 22.5 cm³/mol. The van der Waals surface area contributed by atoms with Gasteiger partial charge in [0.1, 0.15) is 0 Å². The number of hydrogen-bond donors (Lipinski definition) is 0. The van der Waals surface area contributed by atoms with Crippen molar-refractivity contribution in [2.24, 2.45) is 0 Å². The summed E-state index contributed by atoms with van der Waals surface area (Å²) in [5, 5.41) is 0. The minimum Gasteiger partial charge on any atom is -0.362 e. The van der Waals surface area contributed by atoms with Crippen LogP contribution < -0.4 is 0 Å². The molecule has 0 aromatic carbocycles. The maximum atomic E-state index is 9.65. The third-order valence-corrected chi connectivity index (χ3v) is 0.944. The Labute approximate surface area is 36.6 Å². The van der Waals surface area contributed by atoms with Gasteiger partial charge in [-0.05, 0) is 5.70 Å². The van der Waals surface area contributed by atoms with Gasteiger partial charge in [0.15, 0.2) is 0 Å². The smallest absolute Gasteiger partial charge is 0.362 e. The van der Waals surface area contributed by atoms with E-state index in [1.165, 1.54) is 5.70 Å². The number of hydrogen-bond acceptors (Lipinski definition) is 1. The van der Waals surface area contributed by atoms with Crippen molar-refractivity contribution in [2.75, 3.05) is 0 Å². The van der Waals surface area contributed by atoms with E-state index in [9.17, 15) is 4.46 Å². The Bertz CT molecular complexity index is 60.7. The van der Waals surface area contributed by atoms with Crippen LogP contribution >= 0.6 is 11.1 Å². The maximum absolute atomic E-state index is 9.65. The van der Waals surface area contributed by atoms with Gasteiger partial charge in [0, 0.05) is 0 Å². The van der Waals surface area contributed by atoms with Crippen molar-refractivity contribution in [3.63, 3.8) is 0 Å². The van der Waals surface area contributed by atoms with Gasteiger partial charge in [0.05, 0.1) is 0 Å². The molecule has 0 spiro atoms. The molecule has 28 valence electrons. The lowest BCUT2D eigenvalue weighted by atomic mass is 11.3. The topological polar surface area (TPSA) is 17.1 Å². The monoisotopic (exact) mass is 106 g/mol. The lowest BCUT2D eigenvalue weighted by molar-refractivity contribution is 0.579. The summed E-state index contributed by atoms with van der Waals surface area (Å²) in [4.78, 5) is 0. The van der Waals surface area contributed by atoms with Crippen LogP contribution in [0.15, 0.2) is 12.3 Å². The molecule has 0 saturated carbocycles. The van der Waals surface area contributed by atoms with Crippen LogP contribution in [0.5, 0.6) is 0 Å².